The first-order valence-electron chi connectivity index (χ1n) is 7.32. The number of aromatic hydroxyl groups is 1. The van der Waals surface area contributed by atoms with Gasteiger partial charge in [0.25, 0.3) is 0 Å². The van der Waals surface area contributed by atoms with Crippen LogP contribution in [0.5, 0.6) is 5.75 Å². The number of phenolic OH excluding ortho intramolecular Hbond substituents is 1. The minimum Gasteiger partial charge on any atom is -0.504 e. The molecule has 0 spiro atoms. The van der Waals surface area contributed by atoms with E-state index in [1.54, 1.807) is 6.07 Å². The molecule has 0 aliphatic carbocycles. The highest BCUT2D eigenvalue weighted by atomic mass is 31.2. The van der Waals surface area contributed by atoms with E-state index in [-0.39, 0.29) is 5.56 Å². The van der Waals surface area contributed by atoms with Crippen LogP contribution >= 0.6 is 14.9 Å². The van der Waals surface area contributed by atoms with Gasteiger partial charge in [-0.2, -0.15) is 0 Å². The standard InChI is InChI=1S/C15H16FNO7P2/c1-25(20)15(19,8-10-4-3-7-17-9-10)26(21,22)24-14(23-25)11-5-2-6-12(16)13(11)18/h2-7,9,14,18-20H,1,8H2,(H,21,22). The van der Waals surface area contributed by atoms with Crippen LogP contribution in [0.1, 0.15) is 17.4 Å². The lowest BCUT2D eigenvalue weighted by atomic mass is 10.2. The number of halogens is 1. The van der Waals surface area contributed by atoms with Gasteiger partial charge in [-0.3, -0.25) is 18.6 Å². The minimum absolute atomic E-state index is 0.315. The van der Waals surface area contributed by atoms with Crippen molar-refractivity contribution in [3.8, 4) is 5.75 Å². The Kier molecular flexibility index (Phi) is 4.83. The molecule has 1 saturated heterocycles. The summed E-state index contributed by atoms with van der Waals surface area (Å²) in [4.78, 5) is 24.8. The SMILES string of the molecule is C=P1(O)OC(c2cccc(F)c2O)OP(=O)(O)C1(O)Cc1cccnc1. The summed E-state index contributed by atoms with van der Waals surface area (Å²) in [7, 11) is -9.14. The first kappa shape index (κ1) is 19.2. The number of para-hydroxylation sites is 1. The maximum Gasteiger partial charge on any atom is 0.371 e. The molecule has 1 aliphatic rings. The third-order valence-electron chi connectivity index (χ3n) is 3.96. The van der Waals surface area contributed by atoms with E-state index < -0.39 is 44.3 Å². The normalized spacial score (nSPS) is 34.5. The second kappa shape index (κ2) is 6.55. The lowest BCUT2D eigenvalue weighted by Gasteiger charge is -2.45. The molecule has 1 aromatic heterocycles. The number of pyridine rings is 1. The van der Waals surface area contributed by atoms with Gasteiger partial charge in [0.2, 0.25) is 11.4 Å². The van der Waals surface area contributed by atoms with Crippen LogP contribution in [0.25, 0.3) is 0 Å². The van der Waals surface area contributed by atoms with Crippen molar-refractivity contribution in [2.24, 2.45) is 0 Å². The van der Waals surface area contributed by atoms with Crippen LogP contribution in [-0.4, -0.2) is 36.4 Å². The van der Waals surface area contributed by atoms with E-state index in [1.807, 2.05) is 0 Å². The molecule has 0 bridgehead atoms. The lowest BCUT2D eigenvalue weighted by Crippen LogP contribution is -2.38. The Balaban J connectivity index is 2.01. The highest BCUT2D eigenvalue weighted by Crippen LogP contribution is 2.79. The van der Waals surface area contributed by atoms with Crippen molar-refractivity contribution < 1.29 is 38.0 Å². The number of aliphatic hydroxyl groups is 1. The van der Waals surface area contributed by atoms with Crippen LogP contribution in [0.3, 0.4) is 0 Å². The Labute approximate surface area is 148 Å². The van der Waals surface area contributed by atoms with Gasteiger partial charge < -0.3 is 20.0 Å². The monoisotopic (exact) mass is 403 g/mol. The third kappa shape index (κ3) is 3.12. The van der Waals surface area contributed by atoms with Crippen LogP contribution in [-0.2, 0) is 20.0 Å². The molecule has 1 fully saturated rings. The summed E-state index contributed by atoms with van der Waals surface area (Å²) in [5, 5.41) is 17.8. The van der Waals surface area contributed by atoms with Gasteiger partial charge in [0, 0.05) is 18.8 Å². The fraction of sp³-hybridized carbons (Fsp3) is 0.200. The number of hydrogen-bond acceptors (Lipinski definition) is 7. The van der Waals surface area contributed by atoms with Gasteiger partial charge in [-0.1, -0.05) is 12.1 Å². The van der Waals surface area contributed by atoms with Crippen molar-refractivity contribution >= 4 is 21.2 Å². The van der Waals surface area contributed by atoms with Crippen molar-refractivity contribution in [1.29, 1.82) is 0 Å². The number of phenols is 1. The molecule has 4 N–H and O–H groups in total. The fourth-order valence-corrected chi connectivity index (χ4v) is 6.48. The van der Waals surface area contributed by atoms with Crippen molar-refractivity contribution in [2.75, 3.05) is 0 Å². The Hall–Kier alpha value is -1.57. The first-order chi connectivity index (χ1) is 12.1. The molecule has 4 atom stereocenters. The topological polar surface area (TPSA) is 129 Å². The molecule has 0 amide bonds. The van der Waals surface area contributed by atoms with Gasteiger partial charge in [-0.15, -0.1) is 0 Å². The minimum atomic E-state index is -4.95. The van der Waals surface area contributed by atoms with E-state index in [1.165, 1.54) is 30.6 Å². The molecule has 26 heavy (non-hydrogen) atoms. The summed E-state index contributed by atoms with van der Waals surface area (Å²) < 4.78 is 36.4. The molecule has 2 heterocycles. The molecule has 140 valence electrons. The summed E-state index contributed by atoms with van der Waals surface area (Å²) in [6.07, 6.45) is 3.90. The lowest BCUT2D eigenvalue weighted by molar-refractivity contribution is -0.0486. The van der Waals surface area contributed by atoms with E-state index in [4.69, 9.17) is 9.05 Å². The second-order valence-corrected chi connectivity index (χ2v) is 10.5. The van der Waals surface area contributed by atoms with Gasteiger partial charge in [-0.05, 0) is 30.1 Å². The molecule has 3 rings (SSSR count). The van der Waals surface area contributed by atoms with Gasteiger partial charge >= 0.3 is 7.60 Å². The predicted molar refractivity (Wildman–Crippen MR) is 92.0 cm³/mol. The van der Waals surface area contributed by atoms with E-state index in [2.05, 4.69) is 11.3 Å². The summed E-state index contributed by atoms with van der Waals surface area (Å²) in [5.74, 6) is -1.88. The summed E-state index contributed by atoms with van der Waals surface area (Å²) in [5.41, 5.74) is 0.0235. The van der Waals surface area contributed by atoms with E-state index in [0.29, 0.717) is 5.56 Å². The molecule has 0 radical (unpaired) electrons. The van der Waals surface area contributed by atoms with Crippen LogP contribution in [0.2, 0.25) is 0 Å². The van der Waals surface area contributed by atoms with Gasteiger partial charge in [-0.25, -0.2) is 4.39 Å². The van der Waals surface area contributed by atoms with Gasteiger partial charge in [0.1, 0.15) is 0 Å². The Bertz CT molecular complexity index is 897. The smallest absolute Gasteiger partial charge is 0.371 e. The summed E-state index contributed by atoms with van der Waals surface area (Å²) in [6.45, 7) is 0. The Morgan fingerprint density at radius 1 is 1.27 bits per heavy atom. The maximum absolute atomic E-state index is 13.5. The van der Waals surface area contributed by atoms with E-state index in [0.717, 1.165) is 6.07 Å². The molecule has 1 aromatic carbocycles. The Morgan fingerprint density at radius 3 is 2.62 bits per heavy atom. The molecule has 11 heteroatoms. The molecular weight excluding hydrogens is 387 g/mol. The second-order valence-electron chi connectivity index (χ2n) is 5.75. The van der Waals surface area contributed by atoms with E-state index in [9.17, 15) is 29.0 Å². The van der Waals surface area contributed by atoms with Crippen LogP contribution in [0.4, 0.5) is 4.39 Å². The molecular formula is C15H16FNO7P2. The van der Waals surface area contributed by atoms with Gasteiger partial charge in [0.15, 0.2) is 18.9 Å². The largest absolute Gasteiger partial charge is 0.504 e. The number of hydrogen-bond donors (Lipinski definition) is 4. The highest BCUT2D eigenvalue weighted by Gasteiger charge is 2.62. The molecule has 1 aliphatic heterocycles. The fourth-order valence-electron chi connectivity index (χ4n) is 2.51. The van der Waals surface area contributed by atoms with Crippen molar-refractivity contribution in [3.05, 3.63) is 59.7 Å². The molecule has 2 aromatic rings. The number of rotatable bonds is 3. The zero-order chi connectivity index (χ0) is 19.2. The average molecular weight is 403 g/mol. The number of nitrogens with zero attached hydrogens (tertiary/aromatic N) is 1. The van der Waals surface area contributed by atoms with Crippen LogP contribution < -0.4 is 0 Å². The van der Waals surface area contributed by atoms with Crippen molar-refractivity contribution in [1.82, 2.24) is 4.98 Å². The van der Waals surface area contributed by atoms with Crippen LogP contribution in [0, 0.1) is 5.82 Å². The average Bonchev–Trinajstić information content (AvgIpc) is 2.56. The summed E-state index contributed by atoms with van der Waals surface area (Å²) >= 11 is 0. The zero-order valence-electron chi connectivity index (χ0n) is 13.3. The highest BCUT2D eigenvalue weighted by molar-refractivity contribution is 7.78. The van der Waals surface area contributed by atoms with Crippen LogP contribution in [0.15, 0.2) is 42.7 Å². The predicted octanol–water partition coefficient (Wildman–Crippen LogP) is 2.32. The molecule has 8 nitrogen and oxygen atoms in total. The number of benzene rings is 1. The van der Waals surface area contributed by atoms with E-state index >= 15 is 0 Å². The Morgan fingerprint density at radius 2 is 2.00 bits per heavy atom. The molecule has 4 unspecified atom stereocenters. The number of aromatic nitrogens is 1. The first-order valence-corrected chi connectivity index (χ1v) is 10.7. The maximum atomic E-state index is 13.5. The van der Waals surface area contributed by atoms with Crippen molar-refractivity contribution in [2.45, 2.75) is 17.8 Å². The summed E-state index contributed by atoms with van der Waals surface area (Å²) in [6, 6.07) is 6.44. The van der Waals surface area contributed by atoms with Crippen molar-refractivity contribution in [3.63, 3.8) is 0 Å². The third-order valence-corrected chi connectivity index (χ3v) is 9.01. The molecule has 0 saturated carbocycles. The quantitative estimate of drug-likeness (QED) is 0.575. The zero-order valence-corrected chi connectivity index (χ0v) is 15.1. The van der Waals surface area contributed by atoms with Gasteiger partial charge in [0.05, 0.1) is 5.56 Å².